The van der Waals surface area contributed by atoms with E-state index in [2.05, 4.69) is 0 Å². The van der Waals surface area contributed by atoms with Crippen molar-refractivity contribution < 1.29 is 31.8 Å². The van der Waals surface area contributed by atoms with E-state index in [1.807, 2.05) is 0 Å². The lowest BCUT2D eigenvalue weighted by molar-refractivity contribution is -0.140. The fraction of sp³-hybridized carbons (Fsp3) is 0.316. The van der Waals surface area contributed by atoms with Gasteiger partial charge < -0.3 is 9.47 Å². The lowest BCUT2D eigenvalue weighted by Gasteiger charge is -2.18. The zero-order valence-electron chi connectivity index (χ0n) is 14.6. The molecule has 2 aromatic rings. The Bertz CT molecular complexity index is 834. The molecule has 0 aromatic heterocycles. The summed E-state index contributed by atoms with van der Waals surface area (Å²) < 4.78 is 64.2. The van der Waals surface area contributed by atoms with Gasteiger partial charge in [-0.05, 0) is 30.2 Å². The van der Waals surface area contributed by atoms with Crippen LogP contribution < -0.4 is 9.47 Å². The van der Waals surface area contributed by atoms with Crippen LogP contribution in [0.15, 0.2) is 30.3 Å². The van der Waals surface area contributed by atoms with Crippen molar-refractivity contribution in [2.75, 3.05) is 0 Å². The van der Waals surface area contributed by atoms with E-state index in [0.717, 1.165) is 18.2 Å². The number of benzene rings is 2. The van der Waals surface area contributed by atoms with Crippen LogP contribution in [0, 0.1) is 5.82 Å². The van der Waals surface area contributed by atoms with Crippen molar-refractivity contribution in [1.82, 2.24) is 0 Å². The summed E-state index contributed by atoms with van der Waals surface area (Å²) in [6, 6.07) is 5.61. The average Bonchev–Trinajstić information content (AvgIpc) is 2.61. The molecule has 0 atom stereocenters. The van der Waals surface area contributed by atoms with Crippen molar-refractivity contribution in [3.05, 3.63) is 57.9 Å². The number of ether oxygens (including phenoxy) is 2. The fourth-order valence-electron chi connectivity index (χ4n) is 2.37. The maximum atomic E-state index is 13.9. The van der Waals surface area contributed by atoms with Crippen LogP contribution in [0.3, 0.4) is 0 Å². The molecular formula is C19H17ClF4O3. The Morgan fingerprint density at radius 2 is 1.85 bits per heavy atom. The van der Waals surface area contributed by atoms with Crippen molar-refractivity contribution in [1.29, 1.82) is 0 Å². The van der Waals surface area contributed by atoms with Crippen molar-refractivity contribution in [3.8, 4) is 11.5 Å². The predicted molar refractivity (Wildman–Crippen MR) is 92.5 cm³/mol. The van der Waals surface area contributed by atoms with Gasteiger partial charge in [0.05, 0.1) is 10.6 Å². The summed E-state index contributed by atoms with van der Waals surface area (Å²) in [6.07, 6.45) is -4.29. The summed E-state index contributed by atoms with van der Waals surface area (Å²) >= 11 is 6.02. The molecule has 2 aromatic carbocycles. The lowest BCUT2D eigenvalue weighted by Crippen LogP contribution is -2.15. The molecule has 146 valence electrons. The van der Waals surface area contributed by atoms with Gasteiger partial charge in [0.15, 0.2) is 0 Å². The highest BCUT2D eigenvalue weighted by Crippen LogP contribution is 2.37. The third-order valence-electron chi connectivity index (χ3n) is 3.80. The van der Waals surface area contributed by atoms with Gasteiger partial charge in [-0.3, -0.25) is 4.79 Å². The van der Waals surface area contributed by atoms with Gasteiger partial charge in [-0.15, -0.1) is 0 Å². The van der Waals surface area contributed by atoms with Crippen LogP contribution in [0.25, 0.3) is 0 Å². The molecule has 0 unspecified atom stereocenters. The molecule has 0 aliphatic rings. The highest BCUT2D eigenvalue weighted by Gasteiger charge is 2.35. The lowest BCUT2D eigenvalue weighted by atomic mass is 10.1. The van der Waals surface area contributed by atoms with Gasteiger partial charge in [-0.1, -0.05) is 31.5 Å². The van der Waals surface area contributed by atoms with Crippen LogP contribution >= 0.6 is 11.6 Å². The minimum absolute atomic E-state index is 0.00788. The fourth-order valence-corrected chi connectivity index (χ4v) is 2.61. The van der Waals surface area contributed by atoms with E-state index in [4.69, 9.17) is 21.1 Å². The number of halogens is 5. The molecule has 0 aliphatic heterocycles. The normalized spacial score (nSPS) is 11.4. The van der Waals surface area contributed by atoms with Crippen LogP contribution in [0.4, 0.5) is 17.6 Å². The summed E-state index contributed by atoms with van der Waals surface area (Å²) in [4.78, 5) is 11.5. The molecule has 0 radical (unpaired) electrons. The third-order valence-corrected chi connectivity index (χ3v) is 4.10. The van der Waals surface area contributed by atoms with E-state index in [9.17, 15) is 22.4 Å². The Balaban J connectivity index is 2.39. The molecule has 0 fully saturated rings. The first-order valence-electron chi connectivity index (χ1n) is 8.17. The van der Waals surface area contributed by atoms with Crippen LogP contribution in [0.5, 0.6) is 11.5 Å². The van der Waals surface area contributed by atoms with E-state index in [1.165, 1.54) is 19.1 Å². The van der Waals surface area contributed by atoms with Crippen LogP contribution in [0.1, 0.15) is 37.0 Å². The number of rotatable bonds is 6. The number of hydrogen-bond acceptors (Lipinski definition) is 3. The van der Waals surface area contributed by atoms with Crippen molar-refractivity contribution >= 4 is 17.6 Å². The molecule has 0 bridgehead atoms. The SMILES string of the molecule is CCC(=O)Oc1cccc(C(F)(F)F)c1COc1cc(F)c(CC)cc1Cl. The van der Waals surface area contributed by atoms with Gasteiger partial charge in [-0.2, -0.15) is 13.2 Å². The highest BCUT2D eigenvalue weighted by molar-refractivity contribution is 6.32. The van der Waals surface area contributed by atoms with E-state index < -0.39 is 30.1 Å². The Hall–Kier alpha value is -2.28. The van der Waals surface area contributed by atoms with Gasteiger partial charge in [0.25, 0.3) is 0 Å². The summed E-state index contributed by atoms with van der Waals surface area (Å²) in [6.45, 7) is 2.65. The largest absolute Gasteiger partial charge is 0.487 e. The molecule has 2 rings (SSSR count). The monoisotopic (exact) mass is 404 g/mol. The minimum Gasteiger partial charge on any atom is -0.487 e. The molecular weight excluding hydrogens is 388 g/mol. The second-order valence-electron chi connectivity index (χ2n) is 5.62. The van der Waals surface area contributed by atoms with Crippen molar-refractivity contribution in [2.24, 2.45) is 0 Å². The molecule has 0 spiro atoms. The van der Waals surface area contributed by atoms with Gasteiger partial charge in [-0.25, -0.2) is 4.39 Å². The summed E-state index contributed by atoms with van der Waals surface area (Å²) in [5.74, 6) is -1.62. The Kier molecular flexibility index (Phi) is 6.70. The molecule has 27 heavy (non-hydrogen) atoms. The van der Waals surface area contributed by atoms with E-state index >= 15 is 0 Å². The molecule has 3 nitrogen and oxygen atoms in total. The number of alkyl halides is 3. The maximum Gasteiger partial charge on any atom is 0.416 e. The number of esters is 1. The topological polar surface area (TPSA) is 35.5 Å². The molecule has 0 heterocycles. The van der Waals surface area contributed by atoms with Gasteiger partial charge >= 0.3 is 12.1 Å². The van der Waals surface area contributed by atoms with Crippen LogP contribution in [0.2, 0.25) is 5.02 Å². The Labute approximate surface area is 158 Å². The number of carbonyl (C=O) groups excluding carboxylic acids is 1. The quantitative estimate of drug-likeness (QED) is 0.339. The van der Waals surface area contributed by atoms with Gasteiger partial charge in [0.2, 0.25) is 0 Å². The van der Waals surface area contributed by atoms with E-state index in [1.54, 1.807) is 6.92 Å². The molecule has 0 saturated carbocycles. The number of aryl methyl sites for hydroxylation is 1. The van der Waals surface area contributed by atoms with Crippen LogP contribution in [-0.2, 0) is 24.0 Å². The zero-order valence-corrected chi connectivity index (χ0v) is 15.4. The average molecular weight is 405 g/mol. The van der Waals surface area contributed by atoms with E-state index in [0.29, 0.717) is 12.0 Å². The minimum atomic E-state index is -4.69. The van der Waals surface area contributed by atoms with Crippen molar-refractivity contribution in [3.63, 3.8) is 0 Å². The Morgan fingerprint density at radius 1 is 1.15 bits per heavy atom. The second kappa shape index (κ2) is 8.61. The van der Waals surface area contributed by atoms with Crippen molar-refractivity contribution in [2.45, 2.75) is 39.5 Å². The summed E-state index contributed by atoms with van der Waals surface area (Å²) in [5.41, 5.74) is -1.02. The standard InChI is InChI=1S/C19H17ClF4O3/c1-3-11-8-14(20)17(9-15(11)21)26-10-12-13(19(22,23)24)6-5-7-16(12)27-18(25)4-2/h5-9H,3-4,10H2,1-2H3. The van der Waals surface area contributed by atoms with Gasteiger partial charge in [0, 0.05) is 18.1 Å². The maximum absolute atomic E-state index is 13.9. The number of carbonyl (C=O) groups is 1. The molecule has 0 amide bonds. The first-order chi connectivity index (χ1) is 12.7. The van der Waals surface area contributed by atoms with Crippen LogP contribution in [-0.4, -0.2) is 5.97 Å². The predicted octanol–water partition coefficient (Wildman–Crippen LogP) is 5.95. The highest BCUT2D eigenvalue weighted by atomic mass is 35.5. The third kappa shape index (κ3) is 5.13. The second-order valence-corrected chi connectivity index (χ2v) is 6.03. The van der Waals surface area contributed by atoms with Gasteiger partial charge in [0.1, 0.15) is 23.9 Å². The van der Waals surface area contributed by atoms with E-state index in [-0.39, 0.29) is 28.5 Å². The first kappa shape index (κ1) is 21.0. The first-order valence-corrected chi connectivity index (χ1v) is 8.55. The number of hydrogen-bond donors (Lipinski definition) is 0. The summed E-state index contributed by atoms with van der Waals surface area (Å²) in [7, 11) is 0. The molecule has 0 N–H and O–H groups in total. The molecule has 0 saturated heterocycles. The molecule has 8 heteroatoms. The molecule has 0 aliphatic carbocycles. The smallest absolute Gasteiger partial charge is 0.416 e. The Morgan fingerprint density at radius 3 is 2.44 bits per heavy atom. The zero-order chi connectivity index (χ0) is 20.2. The summed E-state index contributed by atoms with van der Waals surface area (Å²) in [5, 5.41) is 0.0739.